The lowest BCUT2D eigenvalue weighted by atomic mass is 10.2. The monoisotopic (exact) mass is 412 g/mol. The average molecular weight is 412 g/mol. The molecule has 0 spiro atoms. The van der Waals surface area contributed by atoms with Gasteiger partial charge < -0.3 is 14.8 Å². The number of methoxy groups -OCH3 is 1. The second kappa shape index (κ2) is 9.29. The summed E-state index contributed by atoms with van der Waals surface area (Å²) in [5, 5.41) is 2.55. The second-order valence-corrected chi connectivity index (χ2v) is 7.20. The summed E-state index contributed by atoms with van der Waals surface area (Å²) in [5.41, 5.74) is 0.843. The number of anilines is 1. The van der Waals surface area contributed by atoms with Crippen molar-refractivity contribution in [1.29, 1.82) is 0 Å². The van der Waals surface area contributed by atoms with Gasteiger partial charge in [0.1, 0.15) is 16.4 Å². The third-order valence-corrected chi connectivity index (χ3v) is 4.96. The highest BCUT2D eigenvalue weighted by Crippen LogP contribution is 2.25. The number of halogens is 2. The Morgan fingerprint density at radius 1 is 1.14 bits per heavy atom. The highest BCUT2D eigenvalue weighted by atomic mass is 32.2. The summed E-state index contributed by atoms with van der Waals surface area (Å²) in [7, 11) is -1.11. The predicted octanol–water partition coefficient (Wildman–Crippen LogP) is 2.86. The van der Waals surface area contributed by atoms with Gasteiger partial charge in [0.05, 0.1) is 7.11 Å². The van der Waals surface area contributed by atoms with E-state index in [0.29, 0.717) is 11.3 Å². The van der Waals surface area contributed by atoms with Gasteiger partial charge in [0.15, 0.2) is 0 Å². The Balaban J connectivity index is 2.11. The van der Waals surface area contributed by atoms with E-state index in [4.69, 9.17) is 4.74 Å². The number of hydrogen-bond donors (Lipinski definition) is 2. The van der Waals surface area contributed by atoms with Gasteiger partial charge in [0.2, 0.25) is 15.9 Å². The molecule has 28 heavy (non-hydrogen) atoms. The number of ether oxygens (including phenoxy) is 2. The van der Waals surface area contributed by atoms with Crippen molar-refractivity contribution >= 4 is 27.7 Å². The molecule has 10 heteroatoms. The number of alkyl halides is 2. The third kappa shape index (κ3) is 5.76. The van der Waals surface area contributed by atoms with E-state index < -0.39 is 22.5 Å². The minimum absolute atomic E-state index is 0.0277. The lowest BCUT2D eigenvalue weighted by molar-refractivity contribution is -0.111. The van der Waals surface area contributed by atoms with Crippen molar-refractivity contribution in [2.24, 2.45) is 0 Å². The molecule has 1 amide bonds. The van der Waals surface area contributed by atoms with Gasteiger partial charge in [-0.15, -0.1) is 0 Å². The van der Waals surface area contributed by atoms with Crippen LogP contribution in [0.1, 0.15) is 5.56 Å². The van der Waals surface area contributed by atoms with Gasteiger partial charge >= 0.3 is 6.61 Å². The molecule has 0 aliphatic carbocycles. The average Bonchev–Trinajstić information content (AvgIpc) is 2.67. The van der Waals surface area contributed by atoms with Crippen LogP contribution in [0.3, 0.4) is 0 Å². The van der Waals surface area contributed by atoms with Gasteiger partial charge in [-0.25, -0.2) is 13.1 Å². The standard InChI is InChI=1S/C18H18F2N2O5S/c1-21-28(24,25)16-11-12(3-9-15(16)26-2)4-10-17(23)22-13-5-7-14(8-6-13)27-18(19)20/h3-11,18,21H,1-2H3,(H,22,23)/b10-4+. The number of carbonyl (C=O) groups is 1. The smallest absolute Gasteiger partial charge is 0.387 e. The van der Waals surface area contributed by atoms with Crippen molar-refractivity contribution in [2.75, 3.05) is 19.5 Å². The molecule has 0 aromatic heterocycles. The molecule has 2 aromatic rings. The van der Waals surface area contributed by atoms with Crippen LogP contribution in [0.15, 0.2) is 53.4 Å². The summed E-state index contributed by atoms with van der Waals surface area (Å²) in [4.78, 5) is 11.9. The maximum Gasteiger partial charge on any atom is 0.387 e. The molecule has 150 valence electrons. The van der Waals surface area contributed by atoms with Crippen LogP contribution in [0.4, 0.5) is 14.5 Å². The Labute approximate surface area is 161 Å². The first-order valence-corrected chi connectivity index (χ1v) is 9.39. The summed E-state index contributed by atoms with van der Waals surface area (Å²) < 4.78 is 59.8. The van der Waals surface area contributed by atoms with Crippen LogP contribution in [-0.4, -0.2) is 35.1 Å². The van der Waals surface area contributed by atoms with Gasteiger partial charge in [-0.2, -0.15) is 8.78 Å². The van der Waals surface area contributed by atoms with Crippen molar-refractivity contribution in [3.8, 4) is 11.5 Å². The minimum atomic E-state index is -3.74. The quantitative estimate of drug-likeness (QED) is 0.651. The van der Waals surface area contributed by atoms with E-state index in [1.165, 1.54) is 62.7 Å². The minimum Gasteiger partial charge on any atom is -0.495 e. The highest BCUT2D eigenvalue weighted by Gasteiger charge is 2.17. The van der Waals surface area contributed by atoms with E-state index in [1.807, 2.05) is 0 Å². The van der Waals surface area contributed by atoms with Gasteiger partial charge in [-0.3, -0.25) is 4.79 Å². The number of nitrogens with one attached hydrogen (secondary N) is 2. The maximum atomic E-state index is 12.1. The Morgan fingerprint density at radius 2 is 1.82 bits per heavy atom. The Morgan fingerprint density at radius 3 is 2.39 bits per heavy atom. The predicted molar refractivity (Wildman–Crippen MR) is 100.0 cm³/mol. The van der Waals surface area contributed by atoms with Crippen LogP contribution in [-0.2, 0) is 14.8 Å². The van der Waals surface area contributed by atoms with E-state index >= 15 is 0 Å². The first-order valence-electron chi connectivity index (χ1n) is 7.90. The largest absolute Gasteiger partial charge is 0.495 e. The lowest BCUT2D eigenvalue weighted by Gasteiger charge is -2.09. The SMILES string of the molecule is CNS(=O)(=O)c1cc(/C=C/C(=O)Nc2ccc(OC(F)F)cc2)ccc1OC. The summed E-state index contributed by atoms with van der Waals surface area (Å²) in [6.45, 7) is -2.93. The zero-order chi connectivity index (χ0) is 20.7. The summed E-state index contributed by atoms with van der Waals surface area (Å²) >= 11 is 0. The van der Waals surface area contributed by atoms with Crippen LogP contribution in [0.25, 0.3) is 6.08 Å². The molecule has 0 radical (unpaired) electrons. The molecular formula is C18H18F2N2O5S. The molecule has 7 nitrogen and oxygen atoms in total. The van der Waals surface area contributed by atoms with Gasteiger partial charge in [0.25, 0.3) is 0 Å². The molecule has 0 saturated carbocycles. The van der Waals surface area contributed by atoms with E-state index in [0.717, 1.165) is 0 Å². The van der Waals surface area contributed by atoms with Crippen molar-refractivity contribution in [1.82, 2.24) is 4.72 Å². The highest BCUT2D eigenvalue weighted by molar-refractivity contribution is 7.89. The molecule has 0 aliphatic rings. The fraction of sp³-hybridized carbons (Fsp3) is 0.167. The maximum absolute atomic E-state index is 12.1. The van der Waals surface area contributed by atoms with Crippen molar-refractivity contribution in [3.05, 3.63) is 54.1 Å². The Hall–Kier alpha value is -2.98. The normalized spacial score (nSPS) is 11.6. The van der Waals surface area contributed by atoms with Crippen molar-refractivity contribution in [3.63, 3.8) is 0 Å². The van der Waals surface area contributed by atoms with Crippen LogP contribution >= 0.6 is 0 Å². The van der Waals surface area contributed by atoms with Gasteiger partial charge in [-0.05, 0) is 55.1 Å². The molecular weight excluding hydrogens is 394 g/mol. The van der Waals surface area contributed by atoms with Crippen LogP contribution in [0.2, 0.25) is 0 Å². The Kier molecular flexibility index (Phi) is 7.07. The second-order valence-electron chi connectivity index (χ2n) is 5.34. The molecule has 0 heterocycles. The molecule has 0 aliphatic heterocycles. The zero-order valence-corrected chi connectivity index (χ0v) is 15.8. The van der Waals surface area contributed by atoms with Crippen LogP contribution in [0.5, 0.6) is 11.5 Å². The number of benzene rings is 2. The molecule has 2 aromatic carbocycles. The van der Waals surface area contributed by atoms with E-state index in [9.17, 15) is 22.0 Å². The summed E-state index contributed by atoms with van der Waals surface area (Å²) in [6.07, 6.45) is 2.64. The molecule has 0 fully saturated rings. The number of carbonyl (C=O) groups excluding carboxylic acids is 1. The molecule has 0 bridgehead atoms. The van der Waals surface area contributed by atoms with Crippen molar-refractivity contribution < 1.29 is 31.5 Å². The lowest BCUT2D eigenvalue weighted by Crippen LogP contribution is -2.19. The van der Waals surface area contributed by atoms with Crippen LogP contribution < -0.4 is 19.5 Å². The first kappa shape index (κ1) is 21.3. The molecule has 0 saturated heterocycles. The van der Waals surface area contributed by atoms with Crippen molar-refractivity contribution in [2.45, 2.75) is 11.5 Å². The molecule has 0 unspecified atom stereocenters. The third-order valence-electron chi connectivity index (χ3n) is 3.52. The zero-order valence-electron chi connectivity index (χ0n) is 15.0. The molecule has 2 rings (SSSR count). The number of amides is 1. The van der Waals surface area contributed by atoms with Crippen LogP contribution in [0, 0.1) is 0 Å². The summed E-state index contributed by atoms with van der Waals surface area (Å²) in [6, 6.07) is 9.85. The number of sulfonamides is 1. The van der Waals surface area contributed by atoms with E-state index in [1.54, 1.807) is 6.07 Å². The number of rotatable bonds is 8. The van der Waals surface area contributed by atoms with E-state index in [2.05, 4.69) is 14.8 Å². The fourth-order valence-corrected chi connectivity index (χ4v) is 3.12. The van der Waals surface area contributed by atoms with E-state index in [-0.39, 0.29) is 16.4 Å². The Bertz CT molecular complexity index is 960. The van der Waals surface area contributed by atoms with Gasteiger partial charge in [-0.1, -0.05) is 6.07 Å². The fourth-order valence-electron chi connectivity index (χ4n) is 2.19. The first-order chi connectivity index (χ1) is 13.2. The topological polar surface area (TPSA) is 93.7 Å². The summed E-state index contributed by atoms with van der Waals surface area (Å²) in [5.74, 6) is -0.349. The number of hydrogen-bond acceptors (Lipinski definition) is 5. The van der Waals surface area contributed by atoms with Gasteiger partial charge in [0, 0.05) is 11.8 Å². The molecule has 2 N–H and O–H groups in total. The molecule has 0 atom stereocenters.